The van der Waals surface area contributed by atoms with Crippen molar-refractivity contribution in [1.82, 2.24) is 14.5 Å². The molecule has 0 saturated heterocycles. The second-order valence-corrected chi connectivity index (χ2v) is 17.0. The van der Waals surface area contributed by atoms with E-state index in [1.54, 1.807) is 12.1 Å². The summed E-state index contributed by atoms with van der Waals surface area (Å²) in [5, 5.41) is 1.57. The van der Waals surface area contributed by atoms with Gasteiger partial charge in [-0.15, -0.1) is 0 Å². The van der Waals surface area contributed by atoms with E-state index in [1.165, 1.54) is 11.6 Å². The fourth-order valence-electron chi connectivity index (χ4n) is 4.97. The van der Waals surface area contributed by atoms with Crippen LogP contribution in [-0.2, 0) is 11.5 Å². The van der Waals surface area contributed by atoms with Gasteiger partial charge in [-0.1, -0.05) is 31.2 Å². The third-order valence-corrected chi connectivity index (χ3v) is 8.95. The molecule has 0 bridgehead atoms. The summed E-state index contributed by atoms with van der Waals surface area (Å²) in [6, 6.07) is 14.3. The monoisotopic (exact) mass is 525 g/mol. The van der Waals surface area contributed by atoms with Crippen LogP contribution in [0.3, 0.4) is 0 Å². The van der Waals surface area contributed by atoms with Crippen LogP contribution in [0, 0.1) is 5.82 Å². The van der Waals surface area contributed by atoms with Crippen LogP contribution < -0.4 is 4.74 Å². The minimum atomic E-state index is -1.17. The molecule has 2 aromatic carbocycles. The van der Waals surface area contributed by atoms with E-state index in [2.05, 4.69) is 24.6 Å². The Hall–Kier alpha value is -2.48. The van der Waals surface area contributed by atoms with Crippen molar-refractivity contribution < 1.29 is 13.9 Å². The summed E-state index contributed by atoms with van der Waals surface area (Å²) in [6.07, 6.45) is 5.65. The van der Waals surface area contributed by atoms with Crippen molar-refractivity contribution in [3.8, 4) is 6.01 Å². The lowest BCUT2D eigenvalue weighted by molar-refractivity contribution is 0.0692. The Kier molecular flexibility index (Phi) is 7.33. The Morgan fingerprint density at radius 1 is 1.03 bits per heavy atom. The number of ether oxygens (including phenoxy) is 2. The van der Waals surface area contributed by atoms with Crippen LogP contribution in [0.15, 0.2) is 48.7 Å². The first-order valence-corrected chi connectivity index (χ1v) is 16.8. The number of benzene rings is 2. The lowest BCUT2D eigenvalue weighted by atomic mass is 9.81. The maximum absolute atomic E-state index is 13.9. The van der Waals surface area contributed by atoms with Gasteiger partial charge in [0.25, 0.3) is 6.01 Å². The third kappa shape index (κ3) is 5.74. The molecule has 0 spiro atoms. The Morgan fingerprint density at radius 2 is 1.83 bits per heavy atom. The molecule has 36 heavy (non-hydrogen) atoms. The number of fused-ring (bicyclic) bond motifs is 2. The zero-order valence-electron chi connectivity index (χ0n) is 21.1. The molecule has 1 aliphatic rings. The van der Waals surface area contributed by atoms with Crippen molar-refractivity contribution in [2.24, 2.45) is 0 Å². The molecule has 5 nitrogen and oxygen atoms in total. The maximum atomic E-state index is 13.9. The number of pyridine rings is 1. The molecule has 1 fully saturated rings. The van der Waals surface area contributed by atoms with Crippen LogP contribution in [0.25, 0.3) is 21.9 Å². The molecule has 4 aromatic rings. The zero-order chi connectivity index (χ0) is 25.3. The van der Waals surface area contributed by atoms with Gasteiger partial charge in [-0.2, -0.15) is 4.98 Å². The fourth-order valence-corrected chi connectivity index (χ4v) is 5.89. The standard InChI is InChI=1S/C28H33ClFN3O2Si/c1-36(2,3)15-14-34-18-33-27-11-6-20(29)16-26(27)32-28(33)35-22-8-4-19(5-9-22)23-12-13-31-25-10-7-21(30)17-24(23)25/h6-7,10-13,16-17,19,22H,4-5,8-9,14-15,18H2,1-3H3. The minimum absolute atomic E-state index is 0.0686. The molecule has 5 rings (SSSR count). The molecule has 0 radical (unpaired) electrons. The summed E-state index contributed by atoms with van der Waals surface area (Å²) in [4.78, 5) is 9.17. The van der Waals surface area contributed by atoms with E-state index in [9.17, 15) is 4.39 Å². The van der Waals surface area contributed by atoms with Gasteiger partial charge in [0.15, 0.2) is 0 Å². The van der Waals surface area contributed by atoms with Gasteiger partial charge in [0.1, 0.15) is 18.7 Å². The van der Waals surface area contributed by atoms with Gasteiger partial charge in [-0.3, -0.25) is 9.55 Å². The summed E-state index contributed by atoms with van der Waals surface area (Å²) in [7, 11) is -1.17. The predicted octanol–water partition coefficient (Wildman–Crippen LogP) is 7.79. The van der Waals surface area contributed by atoms with Crippen LogP contribution >= 0.6 is 11.6 Å². The van der Waals surface area contributed by atoms with E-state index in [4.69, 9.17) is 26.1 Å². The molecule has 1 aliphatic carbocycles. The average Bonchev–Trinajstić information content (AvgIpc) is 3.17. The largest absolute Gasteiger partial charge is 0.461 e. The Labute approximate surface area is 217 Å². The summed E-state index contributed by atoms with van der Waals surface area (Å²) in [5.41, 5.74) is 3.79. The first-order chi connectivity index (χ1) is 17.3. The molecule has 0 atom stereocenters. The van der Waals surface area contributed by atoms with E-state index >= 15 is 0 Å². The first-order valence-electron chi connectivity index (χ1n) is 12.7. The molecule has 0 unspecified atom stereocenters. The fraction of sp³-hybridized carbons (Fsp3) is 0.429. The highest BCUT2D eigenvalue weighted by Gasteiger charge is 2.27. The number of rotatable bonds is 8. The van der Waals surface area contributed by atoms with Crippen molar-refractivity contribution in [3.63, 3.8) is 0 Å². The maximum Gasteiger partial charge on any atom is 0.299 e. The zero-order valence-corrected chi connectivity index (χ0v) is 22.9. The summed E-state index contributed by atoms with van der Waals surface area (Å²) in [5.74, 6) is 0.138. The number of aromatic nitrogens is 3. The smallest absolute Gasteiger partial charge is 0.299 e. The SMILES string of the molecule is C[Si](C)(C)CCOCn1c(OC2CCC(c3ccnc4ccc(F)cc34)CC2)nc2cc(Cl)ccc21. The molecule has 1 saturated carbocycles. The van der Waals surface area contributed by atoms with E-state index < -0.39 is 8.07 Å². The highest BCUT2D eigenvalue weighted by molar-refractivity contribution is 6.76. The molecule has 0 aliphatic heterocycles. The number of hydrogen-bond acceptors (Lipinski definition) is 4. The molecule has 2 aromatic heterocycles. The van der Waals surface area contributed by atoms with Crippen molar-refractivity contribution in [2.45, 2.75) is 70.1 Å². The van der Waals surface area contributed by atoms with Crippen molar-refractivity contribution >= 4 is 41.6 Å². The molecule has 8 heteroatoms. The van der Waals surface area contributed by atoms with Crippen molar-refractivity contribution in [2.75, 3.05) is 6.61 Å². The van der Waals surface area contributed by atoms with Gasteiger partial charge < -0.3 is 9.47 Å². The molecule has 2 heterocycles. The van der Waals surface area contributed by atoms with E-state index in [0.717, 1.165) is 60.3 Å². The van der Waals surface area contributed by atoms with Crippen LogP contribution in [0.2, 0.25) is 30.7 Å². The Bertz CT molecular complexity index is 1360. The van der Waals surface area contributed by atoms with Gasteiger partial charge in [-0.25, -0.2) is 4.39 Å². The lowest BCUT2D eigenvalue weighted by Crippen LogP contribution is -2.25. The number of imidazole rings is 1. The topological polar surface area (TPSA) is 49.2 Å². The third-order valence-electron chi connectivity index (χ3n) is 7.02. The van der Waals surface area contributed by atoms with Gasteiger partial charge in [0.05, 0.1) is 16.6 Å². The predicted molar refractivity (Wildman–Crippen MR) is 146 cm³/mol. The second kappa shape index (κ2) is 10.5. The molecular weight excluding hydrogens is 493 g/mol. The van der Waals surface area contributed by atoms with Gasteiger partial charge in [0, 0.05) is 31.3 Å². The van der Waals surface area contributed by atoms with Crippen LogP contribution in [0.5, 0.6) is 6.01 Å². The molecule has 0 amide bonds. The van der Waals surface area contributed by atoms with E-state index in [1.807, 2.05) is 35.0 Å². The lowest BCUT2D eigenvalue weighted by Gasteiger charge is -2.29. The van der Waals surface area contributed by atoms with Gasteiger partial charge in [-0.05, 0) is 85.7 Å². The normalized spacial score (nSPS) is 18.7. The first kappa shape index (κ1) is 25.2. The van der Waals surface area contributed by atoms with Gasteiger partial charge >= 0.3 is 0 Å². The van der Waals surface area contributed by atoms with Crippen molar-refractivity contribution in [1.29, 1.82) is 0 Å². The summed E-state index contributed by atoms with van der Waals surface area (Å²) in [6.45, 7) is 8.18. The van der Waals surface area contributed by atoms with E-state index in [-0.39, 0.29) is 11.9 Å². The van der Waals surface area contributed by atoms with Crippen molar-refractivity contribution in [3.05, 3.63) is 65.1 Å². The molecule has 190 valence electrons. The quantitative estimate of drug-likeness (QED) is 0.174. The van der Waals surface area contributed by atoms with Crippen LogP contribution in [-0.4, -0.2) is 35.3 Å². The number of halogens is 2. The number of hydrogen-bond donors (Lipinski definition) is 0. The van der Waals surface area contributed by atoms with E-state index in [0.29, 0.717) is 23.7 Å². The highest BCUT2D eigenvalue weighted by Crippen LogP contribution is 2.38. The van der Waals surface area contributed by atoms with Crippen LogP contribution in [0.4, 0.5) is 4.39 Å². The van der Waals surface area contributed by atoms with Crippen LogP contribution in [0.1, 0.15) is 37.2 Å². The molecule has 0 N–H and O–H groups in total. The minimum Gasteiger partial charge on any atom is -0.461 e. The number of nitrogens with zero attached hydrogens (tertiary/aromatic N) is 3. The average molecular weight is 526 g/mol. The second-order valence-electron chi connectivity index (χ2n) is 11.0. The summed E-state index contributed by atoms with van der Waals surface area (Å²) < 4.78 is 28.5. The Balaban J connectivity index is 1.29. The molecular formula is C28H33ClFN3O2Si. The summed E-state index contributed by atoms with van der Waals surface area (Å²) >= 11 is 6.23. The Morgan fingerprint density at radius 3 is 2.61 bits per heavy atom. The van der Waals surface area contributed by atoms with Gasteiger partial charge in [0.2, 0.25) is 0 Å². The highest BCUT2D eigenvalue weighted by atomic mass is 35.5.